The highest BCUT2D eigenvalue weighted by Crippen LogP contribution is 2.25. The van der Waals surface area contributed by atoms with Crippen molar-refractivity contribution in [2.75, 3.05) is 0 Å². The monoisotopic (exact) mass is 323 g/mol. The summed E-state index contributed by atoms with van der Waals surface area (Å²) in [6.45, 7) is 2.74. The molecule has 0 unspecified atom stereocenters. The molecule has 0 aliphatic rings. The fraction of sp³-hybridized carbons (Fsp3) is 0.143. The Balaban J connectivity index is 2.45. The van der Waals surface area contributed by atoms with Crippen LogP contribution in [0.1, 0.15) is 11.1 Å². The van der Waals surface area contributed by atoms with Crippen LogP contribution >= 0.6 is 22.6 Å². The highest BCUT2D eigenvalue weighted by Gasteiger charge is 2.02. The molecule has 0 fully saturated rings. The van der Waals surface area contributed by atoms with Crippen molar-refractivity contribution in [2.24, 2.45) is 5.73 Å². The van der Waals surface area contributed by atoms with Crippen LogP contribution in [0.15, 0.2) is 42.5 Å². The molecular formula is C14H14IN. The minimum absolute atomic E-state index is 0.603. The molecule has 0 aliphatic carbocycles. The van der Waals surface area contributed by atoms with Gasteiger partial charge >= 0.3 is 0 Å². The molecule has 0 radical (unpaired) electrons. The van der Waals surface area contributed by atoms with Crippen LogP contribution in [0, 0.1) is 10.5 Å². The van der Waals surface area contributed by atoms with E-state index >= 15 is 0 Å². The van der Waals surface area contributed by atoms with Gasteiger partial charge in [0.1, 0.15) is 0 Å². The van der Waals surface area contributed by atoms with Gasteiger partial charge in [0.2, 0.25) is 0 Å². The predicted molar refractivity (Wildman–Crippen MR) is 77.2 cm³/mol. The van der Waals surface area contributed by atoms with Crippen molar-refractivity contribution < 1.29 is 0 Å². The summed E-state index contributed by atoms with van der Waals surface area (Å²) in [5, 5.41) is 0. The van der Waals surface area contributed by atoms with Gasteiger partial charge in [0.15, 0.2) is 0 Å². The van der Waals surface area contributed by atoms with E-state index in [0.717, 1.165) is 0 Å². The zero-order chi connectivity index (χ0) is 11.5. The van der Waals surface area contributed by atoms with Crippen molar-refractivity contribution in [3.8, 4) is 11.1 Å². The molecular weight excluding hydrogens is 309 g/mol. The maximum absolute atomic E-state index is 5.59. The Morgan fingerprint density at radius 2 is 1.75 bits per heavy atom. The van der Waals surface area contributed by atoms with Gasteiger partial charge in [0, 0.05) is 10.1 Å². The Morgan fingerprint density at radius 1 is 1.06 bits per heavy atom. The fourth-order valence-electron chi connectivity index (χ4n) is 1.73. The molecule has 0 saturated heterocycles. The van der Waals surface area contributed by atoms with Gasteiger partial charge in [0.25, 0.3) is 0 Å². The average molecular weight is 323 g/mol. The smallest absolute Gasteiger partial charge is 0.0178 e. The summed E-state index contributed by atoms with van der Waals surface area (Å²) in [4.78, 5) is 0. The first-order valence-electron chi connectivity index (χ1n) is 5.26. The van der Waals surface area contributed by atoms with E-state index in [1.54, 1.807) is 0 Å². The van der Waals surface area contributed by atoms with E-state index in [0.29, 0.717) is 6.54 Å². The molecule has 2 N–H and O–H groups in total. The summed E-state index contributed by atoms with van der Waals surface area (Å²) in [6.07, 6.45) is 0. The number of aryl methyl sites for hydroxylation is 1. The first-order chi connectivity index (χ1) is 7.70. The van der Waals surface area contributed by atoms with Crippen LogP contribution in [-0.4, -0.2) is 0 Å². The van der Waals surface area contributed by atoms with E-state index in [2.05, 4.69) is 72.0 Å². The Hall–Kier alpha value is -0.870. The molecule has 82 valence electrons. The summed E-state index contributed by atoms with van der Waals surface area (Å²) in [7, 11) is 0. The first-order valence-corrected chi connectivity index (χ1v) is 6.34. The highest BCUT2D eigenvalue weighted by atomic mass is 127. The minimum Gasteiger partial charge on any atom is -0.326 e. The number of rotatable bonds is 2. The third-order valence-electron chi connectivity index (χ3n) is 2.70. The Morgan fingerprint density at radius 3 is 2.38 bits per heavy atom. The van der Waals surface area contributed by atoms with Gasteiger partial charge in [-0.2, -0.15) is 0 Å². The third kappa shape index (κ3) is 2.44. The lowest BCUT2D eigenvalue weighted by Crippen LogP contribution is -1.95. The van der Waals surface area contributed by atoms with Gasteiger partial charge < -0.3 is 5.73 Å². The fourth-order valence-corrected chi connectivity index (χ4v) is 2.22. The lowest BCUT2D eigenvalue weighted by atomic mass is 10.00. The van der Waals surface area contributed by atoms with Gasteiger partial charge in [-0.3, -0.25) is 0 Å². The van der Waals surface area contributed by atoms with Crippen LogP contribution in [0.3, 0.4) is 0 Å². The Labute approximate surface area is 110 Å². The molecule has 16 heavy (non-hydrogen) atoms. The second kappa shape index (κ2) is 4.97. The summed E-state index contributed by atoms with van der Waals surface area (Å²) >= 11 is 2.34. The van der Waals surface area contributed by atoms with Gasteiger partial charge in [-0.25, -0.2) is 0 Å². The number of hydrogen-bond acceptors (Lipinski definition) is 1. The molecule has 2 aromatic carbocycles. The molecule has 2 aromatic rings. The molecule has 0 aromatic heterocycles. The molecule has 0 aliphatic heterocycles. The molecule has 0 amide bonds. The Kier molecular flexibility index (Phi) is 3.61. The second-order valence-corrected chi connectivity index (χ2v) is 5.11. The number of nitrogens with two attached hydrogens (primary N) is 1. The topological polar surface area (TPSA) is 26.0 Å². The maximum Gasteiger partial charge on any atom is 0.0178 e. The molecule has 0 heterocycles. The van der Waals surface area contributed by atoms with Crippen molar-refractivity contribution in [3.63, 3.8) is 0 Å². The summed E-state index contributed by atoms with van der Waals surface area (Å²) in [5.41, 5.74) is 10.6. The molecule has 0 saturated carbocycles. The van der Waals surface area contributed by atoms with Crippen molar-refractivity contribution >= 4 is 22.6 Å². The van der Waals surface area contributed by atoms with Crippen molar-refractivity contribution in [2.45, 2.75) is 13.5 Å². The largest absolute Gasteiger partial charge is 0.326 e. The van der Waals surface area contributed by atoms with Crippen LogP contribution < -0.4 is 5.73 Å². The lowest BCUT2D eigenvalue weighted by molar-refractivity contribution is 1.07. The number of hydrogen-bond donors (Lipinski definition) is 1. The number of halogens is 1. The predicted octanol–water partition coefficient (Wildman–Crippen LogP) is 3.73. The Bertz CT molecular complexity index is 489. The third-order valence-corrected chi connectivity index (χ3v) is 3.37. The van der Waals surface area contributed by atoms with Crippen molar-refractivity contribution in [1.29, 1.82) is 0 Å². The normalized spacial score (nSPS) is 10.4. The van der Waals surface area contributed by atoms with Crippen LogP contribution in [0.4, 0.5) is 0 Å². The zero-order valence-electron chi connectivity index (χ0n) is 9.20. The highest BCUT2D eigenvalue weighted by molar-refractivity contribution is 14.1. The second-order valence-electron chi connectivity index (χ2n) is 3.86. The maximum atomic E-state index is 5.59. The van der Waals surface area contributed by atoms with Gasteiger partial charge in [-0.15, -0.1) is 0 Å². The summed E-state index contributed by atoms with van der Waals surface area (Å²) in [5.74, 6) is 0. The van der Waals surface area contributed by atoms with Gasteiger partial charge in [0.05, 0.1) is 0 Å². The van der Waals surface area contributed by atoms with E-state index in [4.69, 9.17) is 5.73 Å². The van der Waals surface area contributed by atoms with E-state index in [-0.39, 0.29) is 0 Å². The minimum atomic E-state index is 0.603. The SMILES string of the molecule is Cc1ccc(I)cc1-c1ccc(CN)cc1. The summed E-state index contributed by atoms with van der Waals surface area (Å²) in [6, 6.07) is 15.0. The quantitative estimate of drug-likeness (QED) is 0.838. The van der Waals surface area contributed by atoms with Crippen molar-refractivity contribution in [3.05, 3.63) is 57.2 Å². The molecule has 0 atom stereocenters. The molecule has 1 nitrogen and oxygen atoms in total. The van der Waals surface area contributed by atoms with Gasteiger partial charge in [-0.1, -0.05) is 30.3 Å². The molecule has 0 bridgehead atoms. The van der Waals surface area contributed by atoms with Crippen LogP contribution in [-0.2, 0) is 6.54 Å². The number of benzene rings is 2. The van der Waals surface area contributed by atoms with Crippen LogP contribution in [0.5, 0.6) is 0 Å². The van der Waals surface area contributed by atoms with Gasteiger partial charge in [-0.05, 0) is 63.9 Å². The average Bonchev–Trinajstić information content (AvgIpc) is 2.32. The lowest BCUT2D eigenvalue weighted by Gasteiger charge is -2.07. The van der Waals surface area contributed by atoms with Crippen LogP contribution in [0.25, 0.3) is 11.1 Å². The van der Waals surface area contributed by atoms with E-state index in [1.165, 1.54) is 25.8 Å². The zero-order valence-corrected chi connectivity index (χ0v) is 11.4. The summed E-state index contributed by atoms with van der Waals surface area (Å²) < 4.78 is 1.26. The van der Waals surface area contributed by atoms with E-state index < -0.39 is 0 Å². The standard InChI is InChI=1S/C14H14IN/c1-10-2-7-13(15)8-14(10)12-5-3-11(9-16)4-6-12/h2-8H,9,16H2,1H3. The van der Waals surface area contributed by atoms with E-state index in [1.807, 2.05) is 0 Å². The molecule has 2 heteroatoms. The first kappa shape index (κ1) is 11.6. The van der Waals surface area contributed by atoms with Crippen LogP contribution in [0.2, 0.25) is 0 Å². The van der Waals surface area contributed by atoms with E-state index in [9.17, 15) is 0 Å². The molecule has 0 spiro atoms. The van der Waals surface area contributed by atoms with Crippen molar-refractivity contribution in [1.82, 2.24) is 0 Å². The molecule has 2 rings (SSSR count).